The highest BCUT2D eigenvalue weighted by atomic mass is 19.1. The Morgan fingerprint density at radius 1 is 1.42 bits per heavy atom. The zero-order valence-corrected chi connectivity index (χ0v) is 10.3. The number of halogens is 1. The fourth-order valence-electron chi connectivity index (χ4n) is 1.57. The first-order valence-corrected chi connectivity index (χ1v) is 5.52. The predicted octanol–water partition coefficient (Wildman–Crippen LogP) is -0.545. The summed E-state index contributed by atoms with van der Waals surface area (Å²) in [6, 6.07) is 3.07. The molecular weight excluding hydrogens is 255 g/mol. The van der Waals surface area contributed by atoms with E-state index >= 15 is 0 Å². The Hall–Kier alpha value is -1.99. The zero-order valence-electron chi connectivity index (χ0n) is 10.3. The molecule has 1 aromatic rings. The summed E-state index contributed by atoms with van der Waals surface area (Å²) >= 11 is 0. The van der Waals surface area contributed by atoms with Crippen LogP contribution in [0.5, 0.6) is 0 Å². The Morgan fingerprint density at radius 2 is 2.05 bits per heavy atom. The van der Waals surface area contributed by atoms with Gasteiger partial charge in [0.1, 0.15) is 18.0 Å². The normalized spacial score (nSPS) is 13.7. The van der Waals surface area contributed by atoms with Gasteiger partial charge in [0.15, 0.2) is 0 Å². The third kappa shape index (κ3) is 4.01. The van der Waals surface area contributed by atoms with Crippen LogP contribution in [0.3, 0.4) is 0 Å². The molecule has 0 fully saturated rings. The van der Waals surface area contributed by atoms with Crippen molar-refractivity contribution in [2.45, 2.75) is 19.1 Å². The van der Waals surface area contributed by atoms with Crippen LogP contribution in [0.15, 0.2) is 18.2 Å². The van der Waals surface area contributed by atoms with Crippen molar-refractivity contribution < 1.29 is 24.2 Å². The first-order chi connectivity index (χ1) is 8.82. The van der Waals surface area contributed by atoms with E-state index < -0.39 is 23.9 Å². The van der Waals surface area contributed by atoms with Gasteiger partial charge in [0.05, 0.1) is 0 Å². The van der Waals surface area contributed by atoms with Crippen molar-refractivity contribution in [2.24, 2.45) is 5.73 Å². The van der Waals surface area contributed by atoms with E-state index in [1.165, 1.54) is 6.92 Å². The molecule has 1 aromatic carbocycles. The highest BCUT2D eigenvalue weighted by molar-refractivity contribution is 5.94. The van der Waals surface area contributed by atoms with Crippen molar-refractivity contribution in [2.75, 3.05) is 6.54 Å². The molecule has 6 nitrogen and oxygen atoms in total. The van der Waals surface area contributed by atoms with E-state index in [4.69, 9.17) is 5.73 Å². The van der Waals surface area contributed by atoms with E-state index in [2.05, 4.69) is 5.32 Å². The minimum atomic E-state index is -1.54. The number of aliphatic hydroxyl groups is 2. The van der Waals surface area contributed by atoms with Crippen LogP contribution < -0.4 is 11.1 Å². The lowest BCUT2D eigenvalue weighted by Crippen LogP contribution is -2.35. The van der Waals surface area contributed by atoms with Gasteiger partial charge in [0.2, 0.25) is 11.8 Å². The lowest BCUT2D eigenvalue weighted by atomic mass is 9.98. The molecule has 0 aromatic heterocycles. The van der Waals surface area contributed by atoms with Gasteiger partial charge in [-0.3, -0.25) is 9.59 Å². The molecule has 2 atom stereocenters. The smallest absolute Gasteiger partial charge is 0.249 e. The third-order valence-electron chi connectivity index (χ3n) is 2.52. The molecule has 2 unspecified atom stereocenters. The Balaban J connectivity index is 2.97. The Labute approximate surface area is 109 Å². The molecule has 0 saturated heterocycles. The molecule has 0 spiro atoms. The van der Waals surface area contributed by atoms with Crippen LogP contribution in [-0.2, 0) is 4.79 Å². The molecular formula is C12H15FN2O4. The maximum Gasteiger partial charge on any atom is 0.249 e. The number of rotatable bonds is 5. The Bertz CT molecular complexity index is 493. The van der Waals surface area contributed by atoms with Crippen molar-refractivity contribution in [1.29, 1.82) is 0 Å². The summed E-state index contributed by atoms with van der Waals surface area (Å²) in [7, 11) is 0. The van der Waals surface area contributed by atoms with Crippen molar-refractivity contribution >= 4 is 11.8 Å². The SMILES string of the molecule is CC(=O)NCC(O)C(O)c1cc(F)ccc1C(N)=O. The van der Waals surface area contributed by atoms with Crippen molar-refractivity contribution in [3.05, 3.63) is 35.1 Å². The van der Waals surface area contributed by atoms with E-state index in [9.17, 15) is 24.2 Å². The molecule has 0 aliphatic carbocycles. The zero-order chi connectivity index (χ0) is 14.6. The van der Waals surface area contributed by atoms with Crippen molar-refractivity contribution in [1.82, 2.24) is 5.32 Å². The van der Waals surface area contributed by atoms with Crippen LogP contribution in [0.1, 0.15) is 28.9 Å². The monoisotopic (exact) mass is 270 g/mol. The molecule has 7 heteroatoms. The van der Waals surface area contributed by atoms with Gasteiger partial charge in [0, 0.05) is 19.0 Å². The molecule has 0 aliphatic rings. The fourth-order valence-corrected chi connectivity index (χ4v) is 1.57. The minimum Gasteiger partial charge on any atom is -0.388 e. The van der Waals surface area contributed by atoms with E-state index in [0.717, 1.165) is 18.2 Å². The molecule has 5 N–H and O–H groups in total. The van der Waals surface area contributed by atoms with Gasteiger partial charge in [-0.15, -0.1) is 0 Å². The van der Waals surface area contributed by atoms with Crippen LogP contribution in [-0.4, -0.2) is 34.7 Å². The largest absolute Gasteiger partial charge is 0.388 e. The van der Waals surface area contributed by atoms with Crippen molar-refractivity contribution in [3.63, 3.8) is 0 Å². The van der Waals surface area contributed by atoms with Gasteiger partial charge in [-0.25, -0.2) is 4.39 Å². The van der Waals surface area contributed by atoms with Gasteiger partial charge in [0.25, 0.3) is 0 Å². The summed E-state index contributed by atoms with van der Waals surface area (Å²) in [5.41, 5.74) is 4.89. The standard InChI is InChI=1S/C12H15FN2O4/c1-6(16)15-5-10(17)11(18)9-4-7(13)2-3-8(9)12(14)19/h2-4,10-11,17-18H,5H2,1H3,(H2,14,19)(H,15,16). The predicted molar refractivity (Wildman–Crippen MR) is 64.6 cm³/mol. The summed E-state index contributed by atoms with van der Waals surface area (Å²) < 4.78 is 13.1. The molecule has 0 radical (unpaired) electrons. The second kappa shape index (κ2) is 6.26. The number of primary amides is 1. The molecule has 2 amide bonds. The topological polar surface area (TPSA) is 113 Å². The third-order valence-corrected chi connectivity index (χ3v) is 2.52. The molecule has 0 heterocycles. The van der Waals surface area contributed by atoms with Gasteiger partial charge >= 0.3 is 0 Å². The van der Waals surface area contributed by atoms with E-state index in [-0.39, 0.29) is 23.6 Å². The van der Waals surface area contributed by atoms with E-state index in [1.54, 1.807) is 0 Å². The number of amides is 2. The molecule has 0 bridgehead atoms. The maximum atomic E-state index is 13.1. The van der Waals surface area contributed by atoms with Crippen LogP contribution in [0.4, 0.5) is 4.39 Å². The average molecular weight is 270 g/mol. The number of carbonyl (C=O) groups excluding carboxylic acids is 2. The summed E-state index contributed by atoms with van der Waals surface area (Å²) in [6.07, 6.45) is -2.92. The van der Waals surface area contributed by atoms with Crippen LogP contribution >= 0.6 is 0 Å². The van der Waals surface area contributed by atoms with Gasteiger partial charge < -0.3 is 21.3 Å². The van der Waals surface area contributed by atoms with Gasteiger partial charge in [-0.2, -0.15) is 0 Å². The highest BCUT2D eigenvalue weighted by Crippen LogP contribution is 2.22. The number of nitrogens with one attached hydrogen (secondary N) is 1. The first kappa shape index (κ1) is 15.1. The Morgan fingerprint density at radius 3 is 2.58 bits per heavy atom. The first-order valence-electron chi connectivity index (χ1n) is 5.52. The lowest BCUT2D eigenvalue weighted by molar-refractivity contribution is -0.119. The summed E-state index contributed by atoms with van der Waals surface area (Å²) in [5, 5.41) is 21.9. The lowest BCUT2D eigenvalue weighted by Gasteiger charge is -2.20. The summed E-state index contributed by atoms with van der Waals surface area (Å²) in [4.78, 5) is 21.9. The second-order valence-electron chi connectivity index (χ2n) is 4.05. The Kier molecular flexibility index (Phi) is 4.96. The molecule has 104 valence electrons. The van der Waals surface area contributed by atoms with Gasteiger partial charge in [-0.05, 0) is 23.8 Å². The summed E-state index contributed by atoms with van der Waals surface area (Å²) in [6.45, 7) is 1.02. The highest BCUT2D eigenvalue weighted by Gasteiger charge is 2.23. The molecule has 1 rings (SSSR count). The van der Waals surface area contributed by atoms with Gasteiger partial charge in [-0.1, -0.05) is 0 Å². The molecule has 19 heavy (non-hydrogen) atoms. The van der Waals surface area contributed by atoms with Crippen LogP contribution in [0, 0.1) is 5.82 Å². The second-order valence-corrected chi connectivity index (χ2v) is 4.05. The summed E-state index contributed by atoms with van der Waals surface area (Å²) in [5.74, 6) is -1.91. The minimum absolute atomic E-state index is 0.0872. The molecule has 0 aliphatic heterocycles. The van der Waals surface area contributed by atoms with E-state index in [1.807, 2.05) is 0 Å². The number of nitrogens with two attached hydrogens (primary N) is 1. The number of carbonyl (C=O) groups is 2. The quantitative estimate of drug-likeness (QED) is 0.575. The maximum absolute atomic E-state index is 13.1. The number of hydrogen-bond acceptors (Lipinski definition) is 4. The number of hydrogen-bond donors (Lipinski definition) is 4. The molecule has 0 saturated carbocycles. The van der Waals surface area contributed by atoms with Crippen molar-refractivity contribution in [3.8, 4) is 0 Å². The van der Waals surface area contributed by atoms with Crippen LogP contribution in [0.25, 0.3) is 0 Å². The fraction of sp³-hybridized carbons (Fsp3) is 0.333. The van der Waals surface area contributed by atoms with E-state index in [0.29, 0.717) is 0 Å². The number of benzene rings is 1. The van der Waals surface area contributed by atoms with Crippen LogP contribution in [0.2, 0.25) is 0 Å². The number of aliphatic hydroxyl groups excluding tert-OH is 2. The average Bonchev–Trinajstić information content (AvgIpc) is 2.34.